The zero-order valence-electron chi connectivity index (χ0n) is 8.85. The largest absolute Gasteiger partial charge is 0.381 e. The maximum Gasteiger partial charge on any atom is 0.260 e. The predicted octanol–water partition coefficient (Wildman–Crippen LogP) is 2.19. The van der Waals surface area contributed by atoms with Gasteiger partial charge in [0.05, 0.1) is 6.04 Å². The van der Waals surface area contributed by atoms with Crippen LogP contribution in [0.1, 0.15) is 33.1 Å². The second-order valence-electron chi connectivity index (χ2n) is 4.08. The zero-order chi connectivity index (χ0) is 10.6. The highest BCUT2D eigenvalue weighted by Gasteiger charge is 2.31. The van der Waals surface area contributed by atoms with Gasteiger partial charge in [-0.15, -0.1) is 0 Å². The van der Waals surface area contributed by atoms with Gasteiger partial charge in [0.2, 0.25) is 0 Å². The second kappa shape index (κ2) is 5.03. The normalized spacial score (nSPS) is 27.0. The highest BCUT2D eigenvalue weighted by Crippen LogP contribution is 2.19. The third-order valence-electron chi connectivity index (χ3n) is 2.70. The first-order valence-electron chi connectivity index (χ1n) is 5.22. The van der Waals surface area contributed by atoms with Crippen LogP contribution in [0.4, 0.5) is 8.78 Å². The molecule has 0 saturated carbocycles. The molecule has 0 amide bonds. The number of halogens is 2. The van der Waals surface area contributed by atoms with Gasteiger partial charge in [0.15, 0.2) is 0 Å². The molecule has 0 aromatic rings. The van der Waals surface area contributed by atoms with E-state index in [2.05, 4.69) is 5.32 Å². The lowest BCUT2D eigenvalue weighted by molar-refractivity contribution is -0.0165. The van der Waals surface area contributed by atoms with Crippen molar-refractivity contribution in [2.45, 2.75) is 51.1 Å². The summed E-state index contributed by atoms with van der Waals surface area (Å²) in [5.41, 5.74) is 0. The SMILES string of the molecule is C[C@H](N[C@@H]1CCCOCC1)C(C)(F)F. The van der Waals surface area contributed by atoms with E-state index < -0.39 is 12.0 Å². The average Bonchev–Trinajstić information content (AvgIpc) is 2.31. The minimum absolute atomic E-state index is 0.179. The summed E-state index contributed by atoms with van der Waals surface area (Å²) in [5, 5.41) is 2.97. The molecule has 0 unspecified atom stereocenters. The summed E-state index contributed by atoms with van der Waals surface area (Å²) in [7, 11) is 0. The Morgan fingerprint density at radius 2 is 2.07 bits per heavy atom. The maximum absolute atomic E-state index is 12.9. The Morgan fingerprint density at radius 3 is 2.71 bits per heavy atom. The van der Waals surface area contributed by atoms with Crippen LogP contribution in [0, 0.1) is 0 Å². The van der Waals surface area contributed by atoms with E-state index in [1.807, 2.05) is 0 Å². The zero-order valence-corrected chi connectivity index (χ0v) is 8.85. The third-order valence-corrected chi connectivity index (χ3v) is 2.70. The Bertz CT molecular complexity index is 162. The molecular weight excluding hydrogens is 188 g/mol. The van der Waals surface area contributed by atoms with Crippen molar-refractivity contribution in [1.29, 1.82) is 0 Å². The number of alkyl halides is 2. The highest BCUT2D eigenvalue weighted by molar-refractivity contribution is 4.80. The Hall–Kier alpha value is -0.220. The van der Waals surface area contributed by atoms with Gasteiger partial charge in [0, 0.05) is 26.2 Å². The molecule has 1 aliphatic rings. The first-order chi connectivity index (χ1) is 6.50. The summed E-state index contributed by atoms with van der Waals surface area (Å²) in [6.07, 6.45) is 2.72. The smallest absolute Gasteiger partial charge is 0.260 e. The van der Waals surface area contributed by atoms with E-state index in [4.69, 9.17) is 4.74 Å². The average molecular weight is 207 g/mol. The molecule has 0 radical (unpaired) electrons. The fourth-order valence-corrected chi connectivity index (χ4v) is 1.57. The monoisotopic (exact) mass is 207 g/mol. The summed E-state index contributed by atoms with van der Waals surface area (Å²) in [6.45, 7) is 3.93. The molecule has 0 bridgehead atoms. The van der Waals surface area contributed by atoms with E-state index in [0.29, 0.717) is 6.61 Å². The number of hydrogen-bond acceptors (Lipinski definition) is 2. The van der Waals surface area contributed by atoms with E-state index in [9.17, 15) is 8.78 Å². The van der Waals surface area contributed by atoms with Crippen LogP contribution >= 0.6 is 0 Å². The van der Waals surface area contributed by atoms with Crippen LogP contribution in [0.25, 0.3) is 0 Å². The Kier molecular flexibility index (Phi) is 4.26. The van der Waals surface area contributed by atoms with E-state index in [1.54, 1.807) is 0 Å². The molecule has 1 rings (SSSR count). The van der Waals surface area contributed by atoms with Crippen molar-refractivity contribution in [3.05, 3.63) is 0 Å². The summed E-state index contributed by atoms with van der Waals surface area (Å²) in [4.78, 5) is 0. The summed E-state index contributed by atoms with van der Waals surface area (Å²) < 4.78 is 31.0. The van der Waals surface area contributed by atoms with Crippen molar-refractivity contribution in [3.63, 3.8) is 0 Å². The molecule has 84 valence electrons. The van der Waals surface area contributed by atoms with Crippen molar-refractivity contribution >= 4 is 0 Å². The van der Waals surface area contributed by atoms with Gasteiger partial charge in [-0.2, -0.15) is 0 Å². The fraction of sp³-hybridized carbons (Fsp3) is 1.00. The molecule has 2 nitrogen and oxygen atoms in total. The molecule has 0 aliphatic carbocycles. The van der Waals surface area contributed by atoms with Crippen molar-refractivity contribution in [2.75, 3.05) is 13.2 Å². The van der Waals surface area contributed by atoms with Crippen molar-refractivity contribution in [1.82, 2.24) is 5.32 Å². The fourth-order valence-electron chi connectivity index (χ4n) is 1.57. The van der Waals surface area contributed by atoms with Gasteiger partial charge in [-0.3, -0.25) is 0 Å². The van der Waals surface area contributed by atoms with E-state index in [0.717, 1.165) is 32.8 Å². The summed E-state index contributed by atoms with van der Waals surface area (Å²) in [5.74, 6) is -2.65. The van der Waals surface area contributed by atoms with Crippen LogP contribution in [0.5, 0.6) is 0 Å². The number of rotatable bonds is 3. The van der Waals surface area contributed by atoms with Crippen LogP contribution < -0.4 is 5.32 Å². The third kappa shape index (κ3) is 3.88. The molecule has 1 fully saturated rings. The van der Waals surface area contributed by atoms with Crippen LogP contribution in [-0.4, -0.2) is 31.2 Å². The molecule has 0 spiro atoms. The second-order valence-corrected chi connectivity index (χ2v) is 4.08. The molecule has 4 heteroatoms. The van der Waals surface area contributed by atoms with E-state index >= 15 is 0 Å². The van der Waals surface area contributed by atoms with Gasteiger partial charge in [0.1, 0.15) is 0 Å². The summed E-state index contributed by atoms with van der Waals surface area (Å²) in [6, 6.07) is -0.580. The van der Waals surface area contributed by atoms with Gasteiger partial charge >= 0.3 is 0 Å². The molecule has 14 heavy (non-hydrogen) atoms. The van der Waals surface area contributed by atoms with Crippen LogP contribution in [0.2, 0.25) is 0 Å². The van der Waals surface area contributed by atoms with Gasteiger partial charge < -0.3 is 10.1 Å². The van der Waals surface area contributed by atoms with Crippen molar-refractivity contribution < 1.29 is 13.5 Å². The molecule has 1 aliphatic heterocycles. The van der Waals surface area contributed by atoms with Crippen molar-refractivity contribution in [2.24, 2.45) is 0 Å². The number of ether oxygens (including phenoxy) is 1. The standard InChI is InChI=1S/C10H19F2NO/c1-8(10(2,11)12)13-9-4-3-6-14-7-5-9/h8-9,13H,3-7H2,1-2H3/t8-,9+/m0/s1. The van der Waals surface area contributed by atoms with Gasteiger partial charge in [-0.05, 0) is 26.2 Å². The Balaban J connectivity index is 2.34. The minimum atomic E-state index is -2.65. The lowest BCUT2D eigenvalue weighted by Gasteiger charge is -2.25. The molecule has 1 N–H and O–H groups in total. The number of hydrogen-bond donors (Lipinski definition) is 1. The van der Waals surface area contributed by atoms with Gasteiger partial charge in [-0.1, -0.05) is 0 Å². The van der Waals surface area contributed by atoms with Gasteiger partial charge in [-0.25, -0.2) is 8.78 Å². The predicted molar refractivity (Wildman–Crippen MR) is 51.7 cm³/mol. The minimum Gasteiger partial charge on any atom is -0.381 e. The lowest BCUT2D eigenvalue weighted by Crippen LogP contribution is -2.46. The molecular formula is C10H19F2NO. The first-order valence-corrected chi connectivity index (χ1v) is 5.22. The molecule has 0 aromatic carbocycles. The molecule has 1 heterocycles. The quantitative estimate of drug-likeness (QED) is 0.766. The molecule has 1 saturated heterocycles. The maximum atomic E-state index is 12.9. The van der Waals surface area contributed by atoms with Crippen LogP contribution in [-0.2, 0) is 4.74 Å². The topological polar surface area (TPSA) is 21.3 Å². The highest BCUT2D eigenvalue weighted by atomic mass is 19.3. The van der Waals surface area contributed by atoms with Crippen LogP contribution in [0.15, 0.2) is 0 Å². The Morgan fingerprint density at radius 1 is 1.36 bits per heavy atom. The van der Waals surface area contributed by atoms with E-state index in [1.165, 1.54) is 6.92 Å². The Labute approximate surface area is 84.0 Å². The lowest BCUT2D eigenvalue weighted by atomic mass is 10.1. The summed E-state index contributed by atoms with van der Waals surface area (Å²) >= 11 is 0. The molecule has 2 atom stereocenters. The number of nitrogens with one attached hydrogen (secondary N) is 1. The van der Waals surface area contributed by atoms with Crippen LogP contribution in [0.3, 0.4) is 0 Å². The van der Waals surface area contributed by atoms with Gasteiger partial charge in [0.25, 0.3) is 5.92 Å². The first kappa shape index (κ1) is 11.9. The van der Waals surface area contributed by atoms with Crippen molar-refractivity contribution in [3.8, 4) is 0 Å². The van der Waals surface area contributed by atoms with E-state index in [-0.39, 0.29) is 6.04 Å². The molecule has 0 aromatic heterocycles.